The van der Waals surface area contributed by atoms with Crippen LogP contribution >= 0.6 is 0 Å². The number of hydrogen-bond donors (Lipinski definition) is 1. The summed E-state index contributed by atoms with van der Waals surface area (Å²) in [5.74, 6) is -33.4. The summed E-state index contributed by atoms with van der Waals surface area (Å²) in [6.45, 7) is -1.05. The van der Waals surface area contributed by atoms with Gasteiger partial charge in [0.1, 0.15) is 18.3 Å². The lowest BCUT2D eigenvalue weighted by molar-refractivity contribution is -0.323. The lowest BCUT2D eigenvalue weighted by Gasteiger charge is -2.62. The fraction of sp³-hybridized carbons (Fsp3) is 0.857. The van der Waals surface area contributed by atoms with Crippen LogP contribution < -0.4 is 0 Å². The van der Waals surface area contributed by atoms with Crippen molar-refractivity contribution in [3.05, 3.63) is 0 Å². The largest absolute Gasteiger partial charge is 0.477 e. The van der Waals surface area contributed by atoms with Gasteiger partial charge in [-0.15, -0.1) is 0 Å². The van der Waals surface area contributed by atoms with E-state index in [2.05, 4.69) is 4.74 Å². The molecule has 37 heavy (non-hydrogen) atoms. The van der Waals surface area contributed by atoms with Crippen LogP contribution in [0.25, 0.3) is 0 Å². The Morgan fingerprint density at radius 2 is 1.49 bits per heavy atom. The standard InChI is InChI=1S/C21H22F8O8/c1-16(22,23)14(32)37-17-4-9-2-10(5-17)18(11(3-9)6-17)35-8-12(36-18)7-34-15(33)20(26,27)21(28,29)19(24,25)13(30)31/h9-12H,2-8H2,1H3,(H,30,31). The summed E-state index contributed by atoms with van der Waals surface area (Å²) in [5, 5.41) is 8.15. The third-order valence-corrected chi connectivity index (χ3v) is 7.50. The van der Waals surface area contributed by atoms with E-state index >= 15 is 0 Å². The highest BCUT2D eigenvalue weighted by atomic mass is 19.3. The van der Waals surface area contributed by atoms with Crippen LogP contribution in [0.5, 0.6) is 0 Å². The number of ether oxygens (including phenoxy) is 4. The van der Waals surface area contributed by atoms with Gasteiger partial charge in [0.25, 0.3) is 0 Å². The monoisotopic (exact) mass is 554 g/mol. The number of esters is 2. The van der Waals surface area contributed by atoms with Crippen LogP contribution in [-0.4, -0.2) is 77.4 Å². The van der Waals surface area contributed by atoms with Crippen molar-refractivity contribution in [1.29, 1.82) is 0 Å². The molecule has 1 N–H and O–H groups in total. The Balaban J connectivity index is 1.41. The summed E-state index contributed by atoms with van der Waals surface area (Å²) in [7, 11) is 0. The van der Waals surface area contributed by atoms with Crippen molar-refractivity contribution < 1.29 is 73.6 Å². The van der Waals surface area contributed by atoms with Crippen molar-refractivity contribution in [2.45, 2.75) is 80.2 Å². The fourth-order valence-corrected chi connectivity index (χ4v) is 6.05. The van der Waals surface area contributed by atoms with Gasteiger partial charge < -0.3 is 24.1 Å². The maximum atomic E-state index is 13.8. The third-order valence-electron chi connectivity index (χ3n) is 7.50. The Morgan fingerprint density at radius 1 is 0.919 bits per heavy atom. The Kier molecular flexibility index (Phi) is 6.30. The van der Waals surface area contributed by atoms with Crippen LogP contribution in [0.4, 0.5) is 35.1 Å². The zero-order valence-corrected chi connectivity index (χ0v) is 19.1. The van der Waals surface area contributed by atoms with E-state index in [1.807, 2.05) is 0 Å². The molecule has 4 aliphatic carbocycles. The second-order valence-corrected chi connectivity index (χ2v) is 10.2. The quantitative estimate of drug-likeness (QED) is 0.360. The van der Waals surface area contributed by atoms with Gasteiger partial charge >= 0.3 is 41.6 Å². The first-order chi connectivity index (χ1) is 16.8. The molecule has 16 heteroatoms. The van der Waals surface area contributed by atoms with Gasteiger partial charge in [-0.05, 0) is 38.0 Å². The molecule has 4 bridgehead atoms. The number of halogens is 8. The van der Waals surface area contributed by atoms with Crippen molar-refractivity contribution in [1.82, 2.24) is 0 Å². The molecule has 0 aromatic rings. The highest BCUT2D eigenvalue weighted by Crippen LogP contribution is 2.64. The molecule has 5 aliphatic rings. The second-order valence-electron chi connectivity index (χ2n) is 10.2. The Hall–Kier alpha value is -2.23. The van der Waals surface area contributed by atoms with Crippen LogP contribution in [0.2, 0.25) is 0 Å². The molecule has 0 radical (unpaired) electrons. The lowest BCUT2D eigenvalue weighted by atomic mass is 9.51. The first kappa shape index (κ1) is 27.8. The second kappa shape index (κ2) is 8.38. The molecule has 0 aromatic carbocycles. The topological polar surface area (TPSA) is 108 Å². The predicted molar refractivity (Wildman–Crippen MR) is 100.0 cm³/mol. The van der Waals surface area contributed by atoms with Crippen LogP contribution in [0.3, 0.4) is 0 Å². The van der Waals surface area contributed by atoms with E-state index in [0.717, 1.165) is 0 Å². The normalized spacial score (nSPS) is 35.6. The summed E-state index contributed by atoms with van der Waals surface area (Å²) in [4.78, 5) is 33.7. The average Bonchev–Trinajstić information content (AvgIpc) is 3.19. The van der Waals surface area contributed by atoms with Crippen molar-refractivity contribution in [2.75, 3.05) is 13.2 Å². The summed E-state index contributed by atoms with van der Waals surface area (Å²) in [6.07, 6.45) is 0.290. The van der Waals surface area contributed by atoms with Gasteiger partial charge in [0.05, 0.1) is 6.61 Å². The molecular formula is C21H22F8O8. The average molecular weight is 554 g/mol. The van der Waals surface area contributed by atoms with Gasteiger partial charge in [-0.2, -0.15) is 35.1 Å². The molecule has 3 unspecified atom stereocenters. The summed E-state index contributed by atoms with van der Waals surface area (Å²) in [5.41, 5.74) is -1.17. The maximum Gasteiger partial charge on any atom is 0.411 e. The van der Waals surface area contributed by atoms with E-state index in [1.54, 1.807) is 0 Å². The molecule has 1 spiro atoms. The Bertz CT molecular complexity index is 964. The van der Waals surface area contributed by atoms with Crippen molar-refractivity contribution in [3.8, 4) is 0 Å². The van der Waals surface area contributed by atoms with Crippen molar-refractivity contribution in [3.63, 3.8) is 0 Å². The van der Waals surface area contributed by atoms with E-state index < -0.39 is 77.5 Å². The van der Waals surface area contributed by atoms with E-state index in [1.165, 1.54) is 0 Å². The van der Waals surface area contributed by atoms with Gasteiger partial charge in [-0.1, -0.05) is 0 Å². The summed E-state index contributed by atoms with van der Waals surface area (Å²) >= 11 is 0. The minimum Gasteiger partial charge on any atom is -0.477 e. The smallest absolute Gasteiger partial charge is 0.411 e. The number of carbonyl (C=O) groups is 3. The SMILES string of the molecule is CC(F)(F)C(=O)OC12CC3CC(C1)C1(OCC(COC(=O)C(F)(F)C(F)(F)C(F)(F)C(=O)O)O1)C(C3)C2. The zero-order chi connectivity index (χ0) is 27.8. The van der Waals surface area contributed by atoms with Crippen LogP contribution in [0, 0.1) is 17.8 Å². The van der Waals surface area contributed by atoms with Gasteiger partial charge in [-0.25, -0.2) is 14.4 Å². The highest BCUT2D eigenvalue weighted by Gasteiger charge is 2.79. The van der Waals surface area contributed by atoms with Gasteiger partial charge in [0.2, 0.25) is 0 Å². The first-order valence-corrected chi connectivity index (χ1v) is 11.2. The zero-order valence-electron chi connectivity index (χ0n) is 19.1. The minimum absolute atomic E-state index is 0.00214. The summed E-state index contributed by atoms with van der Waals surface area (Å²) in [6, 6.07) is 0. The number of carboxylic acids is 1. The van der Waals surface area contributed by atoms with E-state index in [4.69, 9.17) is 19.3 Å². The number of aliphatic carboxylic acids is 1. The van der Waals surface area contributed by atoms with E-state index in [0.29, 0.717) is 26.2 Å². The number of carbonyl (C=O) groups excluding carboxylic acids is 2. The highest BCUT2D eigenvalue weighted by molar-refractivity contribution is 5.83. The molecule has 1 heterocycles. The fourth-order valence-electron chi connectivity index (χ4n) is 6.05. The van der Waals surface area contributed by atoms with Crippen LogP contribution in [-0.2, 0) is 33.3 Å². The minimum atomic E-state index is -6.60. The molecule has 1 aliphatic heterocycles. The third kappa shape index (κ3) is 4.23. The molecule has 4 saturated carbocycles. The molecule has 0 amide bonds. The molecule has 1 saturated heterocycles. The van der Waals surface area contributed by atoms with Gasteiger partial charge in [-0.3, -0.25) is 0 Å². The number of hydrogen-bond acceptors (Lipinski definition) is 7. The molecule has 210 valence electrons. The molecule has 3 atom stereocenters. The lowest BCUT2D eigenvalue weighted by Crippen LogP contribution is -2.65. The molecule has 5 fully saturated rings. The van der Waals surface area contributed by atoms with E-state index in [9.17, 15) is 49.5 Å². The Labute approximate surface area is 203 Å². The number of carboxylic acid groups (broad SMARTS) is 1. The maximum absolute atomic E-state index is 13.8. The number of alkyl halides is 8. The molecule has 8 nitrogen and oxygen atoms in total. The first-order valence-electron chi connectivity index (χ1n) is 11.2. The number of rotatable bonds is 8. The van der Waals surface area contributed by atoms with Gasteiger partial charge in [0, 0.05) is 18.8 Å². The van der Waals surface area contributed by atoms with Crippen LogP contribution in [0.15, 0.2) is 0 Å². The van der Waals surface area contributed by atoms with Crippen molar-refractivity contribution in [2.24, 2.45) is 17.8 Å². The Morgan fingerprint density at radius 3 is 2.00 bits per heavy atom. The summed E-state index contributed by atoms with van der Waals surface area (Å²) < 4.78 is 129. The molecular weight excluding hydrogens is 532 g/mol. The van der Waals surface area contributed by atoms with Gasteiger partial charge in [0.15, 0.2) is 5.79 Å². The van der Waals surface area contributed by atoms with Crippen LogP contribution in [0.1, 0.15) is 39.0 Å². The van der Waals surface area contributed by atoms with E-state index in [-0.39, 0.29) is 25.4 Å². The van der Waals surface area contributed by atoms with Crippen molar-refractivity contribution >= 4 is 17.9 Å². The molecule has 5 rings (SSSR count). The molecule has 0 aromatic heterocycles. The predicted octanol–water partition coefficient (Wildman–Crippen LogP) is 3.41.